The van der Waals surface area contributed by atoms with E-state index in [4.69, 9.17) is 0 Å². The van der Waals surface area contributed by atoms with E-state index in [2.05, 4.69) is 21.0 Å². The second-order valence-corrected chi connectivity index (χ2v) is 3.38. The molecule has 1 aromatic rings. The number of nitrogens with zero attached hydrogens (tertiary/aromatic N) is 3. The molecule has 0 aromatic carbocycles. The summed E-state index contributed by atoms with van der Waals surface area (Å²) in [5, 5.41) is 4.54. The average Bonchev–Trinajstić information content (AvgIpc) is 2.13. The number of halogens is 1. The summed E-state index contributed by atoms with van der Waals surface area (Å²) < 4.78 is 2.32. The first kappa shape index (κ1) is 10.2. The van der Waals surface area contributed by atoms with Crippen LogP contribution in [0.5, 0.6) is 0 Å². The van der Waals surface area contributed by atoms with Gasteiger partial charge in [0.1, 0.15) is 6.20 Å². The van der Waals surface area contributed by atoms with Crippen LogP contribution in [0.1, 0.15) is 6.42 Å². The van der Waals surface area contributed by atoms with Gasteiger partial charge in [-0.2, -0.15) is 5.10 Å². The molecular weight excluding hydrogens is 238 g/mol. The molecule has 72 valence electrons. The molecule has 5 nitrogen and oxygen atoms in total. The maximum Gasteiger partial charge on any atom is 0.347 e. The maximum atomic E-state index is 11.3. The fraction of sp³-hybridized carbons (Fsp3) is 0.571. The van der Waals surface area contributed by atoms with Crippen molar-refractivity contribution in [3.63, 3.8) is 0 Å². The van der Waals surface area contributed by atoms with Crippen LogP contribution in [0.2, 0.25) is 0 Å². The number of alkyl halides is 1. The molecule has 6 heteroatoms. The van der Waals surface area contributed by atoms with E-state index in [1.807, 2.05) is 0 Å². The number of rotatable bonds is 3. The number of hydrogen-bond donors (Lipinski definition) is 0. The van der Waals surface area contributed by atoms with Gasteiger partial charge in [0.2, 0.25) is 0 Å². The molecule has 1 aromatic heterocycles. The second-order valence-electron chi connectivity index (χ2n) is 2.59. The molecule has 1 rings (SSSR count). The Labute approximate surface area is 83.1 Å². The van der Waals surface area contributed by atoms with E-state index in [-0.39, 0.29) is 11.2 Å². The highest BCUT2D eigenvalue weighted by atomic mass is 79.9. The van der Waals surface area contributed by atoms with Crippen molar-refractivity contribution in [2.45, 2.75) is 13.0 Å². The van der Waals surface area contributed by atoms with Gasteiger partial charge in [-0.3, -0.25) is 9.36 Å². The van der Waals surface area contributed by atoms with E-state index >= 15 is 0 Å². The predicted octanol–water partition coefficient (Wildman–Crippen LogP) is -0.273. The van der Waals surface area contributed by atoms with Crippen LogP contribution in [-0.4, -0.2) is 19.7 Å². The Morgan fingerprint density at radius 3 is 2.85 bits per heavy atom. The van der Waals surface area contributed by atoms with E-state index < -0.39 is 0 Å². The lowest BCUT2D eigenvalue weighted by atomic mass is 10.5. The molecule has 0 atom stereocenters. The number of aryl methyl sites for hydroxylation is 1. The molecule has 0 N–H and O–H groups in total. The highest BCUT2D eigenvalue weighted by Crippen LogP contribution is 1.88. The SMILES string of the molecule is Cn1c(=O)cnn(CCCBr)c1=O. The minimum atomic E-state index is -0.375. The summed E-state index contributed by atoms with van der Waals surface area (Å²) in [5.74, 6) is 0. The molecule has 0 aliphatic heterocycles. The van der Waals surface area contributed by atoms with Crippen molar-refractivity contribution in [3.8, 4) is 0 Å². The zero-order valence-electron chi connectivity index (χ0n) is 7.23. The highest BCUT2D eigenvalue weighted by molar-refractivity contribution is 9.09. The lowest BCUT2D eigenvalue weighted by Gasteiger charge is -2.02. The number of hydrogen-bond acceptors (Lipinski definition) is 3. The van der Waals surface area contributed by atoms with Gasteiger partial charge in [0, 0.05) is 18.9 Å². The Hall–Kier alpha value is -0.910. The largest absolute Gasteiger partial charge is 0.347 e. The first-order valence-electron chi connectivity index (χ1n) is 3.86. The lowest BCUT2D eigenvalue weighted by molar-refractivity contribution is 0.517. The van der Waals surface area contributed by atoms with E-state index in [9.17, 15) is 9.59 Å². The van der Waals surface area contributed by atoms with Crippen molar-refractivity contribution < 1.29 is 0 Å². The standard InChI is InChI=1S/C7H10BrN3O2/c1-10-6(12)5-9-11(7(10)13)4-2-3-8/h5H,2-4H2,1H3. The maximum absolute atomic E-state index is 11.3. The van der Waals surface area contributed by atoms with Crippen LogP contribution in [0.25, 0.3) is 0 Å². The van der Waals surface area contributed by atoms with Crippen LogP contribution in [-0.2, 0) is 13.6 Å². The molecular formula is C7H10BrN3O2. The Balaban J connectivity index is 3.05. The third kappa shape index (κ3) is 2.27. The van der Waals surface area contributed by atoms with Crippen molar-refractivity contribution >= 4 is 15.9 Å². The predicted molar refractivity (Wildman–Crippen MR) is 52.1 cm³/mol. The molecule has 0 unspecified atom stereocenters. The van der Waals surface area contributed by atoms with Gasteiger partial charge in [0.25, 0.3) is 5.56 Å². The minimum absolute atomic E-state index is 0.367. The smallest absolute Gasteiger partial charge is 0.267 e. The minimum Gasteiger partial charge on any atom is -0.267 e. The quantitative estimate of drug-likeness (QED) is 0.692. The lowest BCUT2D eigenvalue weighted by Crippen LogP contribution is -2.39. The van der Waals surface area contributed by atoms with Crippen molar-refractivity contribution in [2.24, 2.45) is 7.05 Å². The van der Waals surface area contributed by atoms with Crippen molar-refractivity contribution in [1.82, 2.24) is 14.3 Å². The molecule has 0 fully saturated rings. The first-order valence-corrected chi connectivity index (χ1v) is 4.98. The van der Waals surface area contributed by atoms with Crippen molar-refractivity contribution in [1.29, 1.82) is 0 Å². The third-order valence-electron chi connectivity index (χ3n) is 1.65. The normalized spacial score (nSPS) is 10.3. The fourth-order valence-corrected chi connectivity index (χ4v) is 1.14. The summed E-state index contributed by atoms with van der Waals surface area (Å²) in [6.45, 7) is 0.526. The van der Waals surface area contributed by atoms with Gasteiger partial charge in [-0.25, -0.2) is 9.48 Å². The van der Waals surface area contributed by atoms with Gasteiger partial charge >= 0.3 is 5.69 Å². The van der Waals surface area contributed by atoms with Crippen LogP contribution in [0, 0.1) is 0 Å². The van der Waals surface area contributed by atoms with Crippen molar-refractivity contribution in [2.75, 3.05) is 5.33 Å². The molecule has 0 aliphatic rings. The summed E-state index contributed by atoms with van der Waals surface area (Å²) in [6.07, 6.45) is 1.96. The monoisotopic (exact) mass is 247 g/mol. The van der Waals surface area contributed by atoms with Crippen LogP contribution >= 0.6 is 15.9 Å². The van der Waals surface area contributed by atoms with E-state index in [0.717, 1.165) is 22.5 Å². The highest BCUT2D eigenvalue weighted by Gasteiger charge is 2.00. The van der Waals surface area contributed by atoms with E-state index in [1.54, 1.807) is 0 Å². The Bertz CT molecular complexity index is 395. The second kappa shape index (κ2) is 4.36. The van der Waals surface area contributed by atoms with Crippen LogP contribution in [0.3, 0.4) is 0 Å². The van der Waals surface area contributed by atoms with Crippen LogP contribution in [0.4, 0.5) is 0 Å². The van der Waals surface area contributed by atoms with Crippen LogP contribution in [0.15, 0.2) is 15.8 Å². The number of aromatic nitrogens is 3. The molecule has 0 radical (unpaired) electrons. The molecule has 0 amide bonds. The fourth-order valence-electron chi connectivity index (χ4n) is 0.885. The van der Waals surface area contributed by atoms with E-state index in [0.29, 0.717) is 6.54 Å². The van der Waals surface area contributed by atoms with Gasteiger partial charge in [0.05, 0.1) is 0 Å². The Kier molecular flexibility index (Phi) is 3.41. The Morgan fingerprint density at radius 2 is 2.23 bits per heavy atom. The summed E-state index contributed by atoms with van der Waals surface area (Å²) >= 11 is 3.25. The van der Waals surface area contributed by atoms with Crippen LogP contribution < -0.4 is 11.2 Å². The summed E-state index contributed by atoms with van der Waals surface area (Å²) in [4.78, 5) is 22.3. The zero-order chi connectivity index (χ0) is 9.84. The van der Waals surface area contributed by atoms with Gasteiger partial charge in [-0.15, -0.1) is 0 Å². The molecule has 0 bridgehead atoms. The molecule has 0 spiro atoms. The van der Waals surface area contributed by atoms with Gasteiger partial charge in [0.15, 0.2) is 0 Å². The molecule has 1 heterocycles. The Morgan fingerprint density at radius 1 is 1.54 bits per heavy atom. The summed E-state index contributed by atoms with van der Waals surface area (Å²) in [5.41, 5.74) is -0.742. The van der Waals surface area contributed by atoms with Crippen molar-refractivity contribution in [3.05, 3.63) is 27.0 Å². The average molecular weight is 248 g/mol. The topological polar surface area (TPSA) is 56.9 Å². The molecule has 0 saturated heterocycles. The molecule has 0 aliphatic carbocycles. The third-order valence-corrected chi connectivity index (χ3v) is 2.21. The van der Waals surface area contributed by atoms with Gasteiger partial charge < -0.3 is 0 Å². The summed E-state index contributed by atoms with van der Waals surface area (Å²) in [6, 6.07) is 0. The molecule has 0 saturated carbocycles. The molecule has 13 heavy (non-hydrogen) atoms. The zero-order valence-corrected chi connectivity index (χ0v) is 8.82. The van der Waals surface area contributed by atoms with E-state index in [1.165, 1.54) is 11.7 Å². The first-order chi connectivity index (χ1) is 6.16. The summed E-state index contributed by atoms with van der Waals surface area (Å²) in [7, 11) is 1.44. The van der Waals surface area contributed by atoms with Gasteiger partial charge in [-0.1, -0.05) is 15.9 Å². The van der Waals surface area contributed by atoms with Gasteiger partial charge in [-0.05, 0) is 6.42 Å².